The summed E-state index contributed by atoms with van der Waals surface area (Å²) < 4.78 is 0. The lowest BCUT2D eigenvalue weighted by Gasteiger charge is -2.24. The van der Waals surface area contributed by atoms with Crippen molar-refractivity contribution in [2.45, 2.75) is 45.1 Å². The van der Waals surface area contributed by atoms with E-state index in [1.54, 1.807) is 0 Å². The van der Waals surface area contributed by atoms with Crippen molar-refractivity contribution in [1.29, 1.82) is 0 Å². The lowest BCUT2D eigenvalue weighted by atomic mass is 9.83. The Hall–Kier alpha value is -0.530. The van der Waals surface area contributed by atoms with E-state index in [1.807, 2.05) is 19.1 Å². The van der Waals surface area contributed by atoms with Crippen molar-refractivity contribution in [1.82, 2.24) is 0 Å². The van der Waals surface area contributed by atoms with E-state index < -0.39 is 0 Å². The van der Waals surface area contributed by atoms with Crippen LogP contribution in [-0.2, 0) is 0 Å². The minimum Gasteiger partial charge on any atom is -0.388 e. The van der Waals surface area contributed by atoms with E-state index in [4.69, 9.17) is 11.6 Å². The summed E-state index contributed by atoms with van der Waals surface area (Å²) in [6, 6.07) is 5.91. The van der Waals surface area contributed by atoms with Gasteiger partial charge in [-0.3, -0.25) is 0 Å². The molecule has 2 heteroatoms. The van der Waals surface area contributed by atoms with Gasteiger partial charge in [-0.2, -0.15) is 0 Å². The minimum absolute atomic E-state index is 0.341. The number of aryl methyl sites for hydroxylation is 1. The van der Waals surface area contributed by atoms with Crippen molar-refractivity contribution in [2.75, 3.05) is 0 Å². The average Bonchev–Trinajstić information content (AvgIpc) is 2.89. The maximum atomic E-state index is 10.4. The molecule has 1 nitrogen and oxygen atoms in total. The van der Waals surface area contributed by atoms with Gasteiger partial charge in [-0.1, -0.05) is 24.1 Å². The second-order valence-corrected chi connectivity index (χ2v) is 6.68. The van der Waals surface area contributed by atoms with Crippen molar-refractivity contribution < 1.29 is 5.11 Å². The zero-order valence-electron chi connectivity index (χ0n) is 10.9. The third kappa shape index (κ3) is 2.44. The molecule has 0 aromatic heterocycles. The number of aliphatic hydroxyl groups excluding tert-OH is 1. The Bertz CT molecular complexity index is 422. The van der Waals surface area contributed by atoms with E-state index in [-0.39, 0.29) is 6.10 Å². The van der Waals surface area contributed by atoms with Gasteiger partial charge in [0.2, 0.25) is 0 Å². The molecule has 2 aliphatic rings. The number of hydrogen-bond donors (Lipinski definition) is 1. The Balaban J connectivity index is 1.69. The summed E-state index contributed by atoms with van der Waals surface area (Å²) in [6.45, 7) is 2.03. The fourth-order valence-electron chi connectivity index (χ4n) is 4.04. The molecule has 4 unspecified atom stereocenters. The predicted molar refractivity (Wildman–Crippen MR) is 74.7 cm³/mol. The fraction of sp³-hybridized carbons (Fsp3) is 0.625. The van der Waals surface area contributed by atoms with Crippen molar-refractivity contribution in [3.8, 4) is 0 Å². The van der Waals surface area contributed by atoms with Crippen LogP contribution in [0.2, 0.25) is 5.02 Å². The van der Waals surface area contributed by atoms with E-state index in [0.717, 1.165) is 40.3 Å². The maximum Gasteiger partial charge on any atom is 0.0793 e. The van der Waals surface area contributed by atoms with E-state index in [2.05, 4.69) is 6.07 Å². The molecule has 0 amide bonds. The molecule has 98 valence electrons. The second kappa shape index (κ2) is 4.86. The Morgan fingerprint density at radius 3 is 2.72 bits per heavy atom. The van der Waals surface area contributed by atoms with Gasteiger partial charge in [0, 0.05) is 5.02 Å². The molecule has 2 bridgehead atoms. The zero-order valence-corrected chi connectivity index (χ0v) is 11.7. The SMILES string of the molecule is Cc1cc(Cl)cc(C(O)CC2CC3CCC2C3)c1. The summed E-state index contributed by atoms with van der Waals surface area (Å²) in [6.07, 6.45) is 6.13. The van der Waals surface area contributed by atoms with Gasteiger partial charge in [-0.15, -0.1) is 0 Å². The number of benzene rings is 1. The smallest absolute Gasteiger partial charge is 0.0793 e. The number of hydrogen-bond acceptors (Lipinski definition) is 1. The third-order valence-electron chi connectivity index (χ3n) is 4.86. The van der Waals surface area contributed by atoms with Crippen LogP contribution in [0.5, 0.6) is 0 Å². The quantitative estimate of drug-likeness (QED) is 0.852. The molecule has 1 aromatic carbocycles. The molecule has 1 aromatic rings. The molecule has 0 heterocycles. The van der Waals surface area contributed by atoms with Gasteiger partial charge in [-0.25, -0.2) is 0 Å². The maximum absolute atomic E-state index is 10.4. The van der Waals surface area contributed by atoms with Gasteiger partial charge in [0.15, 0.2) is 0 Å². The first-order chi connectivity index (χ1) is 8.61. The molecule has 0 aliphatic heterocycles. The summed E-state index contributed by atoms with van der Waals surface area (Å²) in [5.74, 6) is 2.57. The third-order valence-corrected chi connectivity index (χ3v) is 5.08. The lowest BCUT2D eigenvalue weighted by Crippen LogP contribution is -2.14. The molecule has 1 N–H and O–H groups in total. The largest absolute Gasteiger partial charge is 0.388 e. The Morgan fingerprint density at radius 1 is 1.28 bits per heavy atom. The molecule has 0 saturated heterocycles. The van der Waals surface area contributed by atoms with Crippen LogP contribution in [-0.4, -0.2) is 5.11 Å². The number of fused-ring (bicyclic) bond motifs is 2. The van der Waals surface area contributed by atoms with Gasteiger partial charge in [-0.05, 0) is 73.6 Å². The van der Waals surface area contributed by atoms with Crippen molar-refractivity contribution >= 4 is 11.6 Å². The Labute approximate surface area is 114 Å². The van der Waals surface area contributed by atoms with Gasteiger partial charge in [0.05, 0.1) is 6.10 Å². The van der Waals surface area contributed by atoms with Gasteiger partial charge < -0.3 is 5.11 Å². The van der Waals surface area contributed by atoms with Gasteiger partial charge in [0.25, 0.3) is 0 Å². The molecular formula is C16H21ClO. The number of halogens is 1. The molecule has 2 fully saturated rings. The molecule has 2 saturated carbocycles. The first-order valence-electron chi connectivity index (χ1n) is 7.07. The highest BCUT2D eigenvalue weighted by Gasteiger charge is 2.40. The van der Waals surface area contributed by atoms with Crippen LogP contribution in [0.1, 0.15) is 49.3 Å². The lowest BCUT2D eigenvalue weighted by molar-refractivity contribution is 0.125. The highest BCUT2D eigenvalue weighted by Crippen LogP contribution is 2.50. The Kier molecular flexibility index (Phi) is 3.38. The molecule has 3 rings (SSSR count). The van der Waals surface area contributed by atoms with Crippen molar-refractivity contribution in [3.63, 3.8) is 0 Å². The minimum atomic E-state index is -0.341. The highest BCUT2D eigenvalue weighted by atomic mass is 35.5. The van der Waals surface area contributed by atoms with Crippen LogP contribution in [0.25, 0.3) is 0 Å². The normalized spacial score (nSPS) is 31.8. The monoisotopic (exact) mass is 264 g/mol. The fourth-order valence-corrected chi connectivity index (χ4v) is 4.34. The molecule has 4 atom stereocenters. The summed E-state index contributed by atoms with van der Waals surface area (Å²) in [4.78, 5) is 0. The average molecular weight is 265 g/mol. The number of rotatable bonds is 3. The second-order valence-electron chi connectivity index (χ2n) is 6.25. The van der Waals surface area contributed by atoms with Gasteiger partial charge >= 0.3 is 0 Å². The van der Waals surface area contributed by atoms with Crippen LogP contribution in [0.15, 0.2) is 18.2 Å². The molecular weight excluding hydrogens is 244 g/mol. The highest BCUT2D eigenvalue weighted by molar-refractivity contribution is 6.30. The zero-order chi connectivity index (χ0) is 12.7. The van der Waals surface area contributed by atoms with E-state index in [9.17, 15) is 5.11 Å². The summed E-state index contributed by atoms with van der Waals surface area (Å²) in [5.41, 5.74) is 2.12. The summed E-state index contributed by atoms with van der Waals surface area (Å²) in [5, 5.41) is 11.1. The van der Waals surface area contributed by atoms with Crippen LogP contribution < -0.4 is 0 Å². The molecule has 0 radical (unpaired) electrons. The van der Waals surface area contributed by atoms with Crippen molar-refractivity contribution in [2.24, 2.45) is 17.8 Å². The van der Waals surface area contributed by atoms with E-state index >= 15 is 0 Å². The summed E-state index contributed by atoms with van der Waals surface area (Å²) in [7, 11) is 0. The van der Waals surface area contributed by atoms with Crippen LogP contribution in [0.4, 0.5) is 0 Å². The van der Waals surface area contributed by atoms with Crippen LogP contribution >= 0.6 is 11.6 Å². The first kappa shape index (κ1) is 12.5. The Morgan fingerprint density at radius 2 is 2.11 bits per heavy atom. The molecule has 2 aliphatic carbocycles. The summed E-state index contributed by atoms with van der Waals surface area (Å²) >= 11 is 6.06. The topological polar surface area (TPSA) is 20.2 Å². The van der Waals surface area contributed by atoms with Crippen molar-refractivity contribution in [3.05, 3.63) is 34.3 Å². The van der Waals surface area contributed by atoms with E-state index in [1.165, 1.54) is 25.7 Å². The first-order valence-corrected chi connectivity index (χ1v) is 7.45. The van der Waals surface area contributed by atoms with E-state index in [0.29, 0.717) is 0 Å². The van der Waals surface area contributed by atoms with Crippen LogP contribution in [0.3, 0.4) is 0 Å². The predicted octanol–water partition coefficient (Wildman–Crippen LogP) is 4.51. The van der Waals surface area contributed by atoms with Gasteiger partial charge in [0.1, 0.15) is 0 Å². The molecule has 18 heavy (non-hydrogen) atoms. The number of aliphatic hydroxyl groups is 1. The standard InChI is InChI=1S/C16H21ClO/c1-10-4-14(8-15(17)5-10)16(18)9-13-7-11-2-3-12(13)6-11/h4-5,8,11-13,16,18H,2-3,6-7,9H2,1H3. The van der Waals surface area contributed by atoms with Crippen LogP contribution in [0, 0.1) is 24.7 Å². The molecule has 0 spiro atoms.